The van der Waals surface area contributed by atoms with E-state index in [1.165, 1.54) is 16.7 Å². The van der Waals surface area contributed by atoms with E-state index in [2.05, 4.69) is 42.7 Å². The Morgan fingerprint density at radius 1 is 1.35 bits per heavy atom. The number of rotatable bonds is 5. The molecule has 0 saturated carbocycles. The van der Waals surface area contributed by atoms with Gasteiger partial charge in [0.15, 0.2) is 0 Å². The number of carbonyl (C=O) groups excluding carboxylic acids is 1. The Hall–Kier alpha value is -1.35. The van der Waals surface area contributed by atoms with Gasteiger partial charge in [-0.2, -0.15) is 0 Å². The van der Waals surface area contributed by atoms with E-state index in [1.54, 1.807) is 0 Å². The molecule has 0 aliphatic carbocycles. The van der Waals surface area contributed by atoms with Crippen LogP contribution < -0.4 is 10.6 Å². The first kappa shape index (κ1) is 13.7. The molecule has 0 radical (unpaired) electrons. The van der Waals surface area contributed by atoms with Crippen LogP contribution in [0.1, 0.15) is 36.1 Å². The minimum atomic E-state index is 0.0688. The molecule has 0 fully saturated rings. The van der Waals surface area contributed by atoms with Crippen molar-refractivity contribution in [3.8, 4) is 0 Å². The van der Waals surface area contributed by atoms with Gasteiger partial charge in [-0.3, -0.25) is 4.79 Å². The lowest BCUT2D eigenvalue weighted by Crippen LogP contribution is -2.29. The van der Waals surface area contributed by atoms with Crippen molar-refractivity contribution < 1.29 is 4.79 Å². The summed E-state index contributed by atoms with van der Waals surface area (Å²) >= 11 is 0. The number of benzene rings is 1. The maximum atomic E-state index is 11.6. The Morgan fingerprint density at radius 3 is 2.71 bits per heavy atom. The van der Waals surface area contributed by atoms with E-state index in [9.17, 15) is 4.79 Å². The maximum absolute atomic E-state index is 11.6. The highest BCUT2D eigenvalue weighted by Crippen LogP contribution is 2.18. The third kappa shape index (κ3) is 4.19. The lowest BCUT2D eigenvalue weighted by atomic mass is 10.00. The van der Waals surface area contributed by atoms with Crippen molar-refractivity contribution in [2.75, 3.05) is 13.6 Å². The molecule has 94 valence electrons. The zero-order valence-electron chi connectivity index (χ0n) is 11.1. The molecule has 0 heterocycles. The Bertz CT molecular complexity index is 388. The minimum Gasteiger partial charge on any atom is -0.350 e. The third-order valence-electron chi connectivity index (χ3n) is 2.88. The molecule has 1 rings (SSSR count). The van der Waals surface area contributed by atoms with Gasteiger partial charge in [0.25, 0.3) is 0 Å². The summed E-state index contributed by atoms with van der Waals surface area (Å²) in [4.78, 5) is 11.6. The Labute approximate surface area is 104 Å². The average molecular weight is 234 g/mol. The summed E-state index contributed by atoms with van der Waals surface area (Å²) in [5.74, 6) is 0.0905. The third-order valence-corrected chi connectivity index (χ3v) is 2.88. The van der Waals surface area contributed by atoms with Crippen LogP contribution in [-0.2, 0) is 4.79 Å². The van der Waals surface area contributed by atoms with Gasteiger partial charge in [0.2, 0.25) is 5.91 Å². The molecule has 3 nitrogen and oxygen atoms in total. The van der Waals surface area contributed by atoms with Crippen molar-refractivity contribution in [2.24, 2.45) is 0 Å². The van der Waals surface area contributed by atoms with E-state index in [0.29, 0.717) is 13.0 Å². The first-order valence-corrected chi connectivity index (χ1v) is 6.05. The molecule has 1 unspecified atom stereocenters. The van der Waals surface area contributed by atoms with E-state index in [-0.39, 0.29) is 11.9 Å². The zero-order valence-corrected chi connectivity index (χ0v) is 11.1. The van der Waals surface area contributed by atoms with Crippen molar-refractivity contribution in [1.82, 2.24) is 10.6 Å². The molecule has 0 aromatic heterocycles. The van der Waals surface area contributed by atoms with Gasteiger partial charge in [-0.1, -0.05) is 23.8 Å². The topological polar surface area (TPSA) is 41.1 Å². The highest BCUT2D eigenvalue weighted by atomic mass is 16.1. The summed E-state index contributed by atoms with van der Waals surface area (Å²) in [6, 6.07) is 6.40. The van der Waals surface area contributed by atoms with E-state index in [1.807, 2.05) is 14.0 Å². The molecule has 1 aromatic rings. The normalized spacial score (nSPS) is 12.2. The van der Waals surface area contributed by atoms with Crippen LogP contribution in [0.5, 0.6) is 0 Å². The quantitative estimate of drug-likeness (QED) is 0.819. The van der Waals surface area contributed by atoms with Crippen LogP contribution >= 0.6 is 0 Å². The molecule has 0 spiro atoms. The van der Waals surface area contributed by atoms with Crippen LogP contribution in [0.15, 0.2) is 18.2 Å². The second kappa shape index (κ2) is 6.40. The number of nitrogens with one attached hydrogen (secondary N) is 2. The Morgan fingerprint density at radius 2 is 2.06 bits per heavy atom. The van der Waals surface area contributed by atoms with E-state index >= 15 is 0 Å². The second-order valence-electron chi connectivity index (χ2n) is 4.50. The molecule has 2 N–H and O–H groups in total. The van der Waals surface area contributed by atoms with Crippen molar-refractivity contribution in [2.45, 2.75) is 33.2 Å². The van der Waals surface area contributed by atoms with Crippen LogP contribution in [0.4, 0.5) is 0 Å². The first-order chi connectivity index (χ1) is 8.04. The standard InChI is InChI=1S/C14H22N2O/c1-10-5-6-11(2)13(9-10)12(3)16-14(17)7-8-15-4/h5-6,9,12,15H,7-8H2,1-4H3,(H,16,17). The van der Waals surface area contributed by atoms with Crippen molar-refractivity contribution in [3.63, 3.8) is 0 Å². The monoisotopic (exact) mass is 234 g/mol. The number of hydrogen-bond donors (Lipinski definition) is 2. The average Bonchev–Trinajstić information content (AvgIpc) is 2.29. The van der Waals surface area contributed by atoms with Gasteiger partial charge >= 0.3 is 0 Å². The molecule has 0 saturated heterocycles. The molecular weight excluding hydrogens is 212 g/mol. The summed E-state index contributed by atoms with van der Waals surface area (Å²) in [5.41, 5.74) is 3.64. The SMILES string of the molecule is CNCCC(=O)NC(C)c1cc(C)ccc1C. The van der Waals surface area contributed by atoms with Crippen LogP contribution in [0.3, 0.4) is 0 Å². The van der Waals surface area contributed by atoms with Gasteiger partial charge in [0.1, 0.15) is 0 Å². The van der Waals surface area contributed by atoms with E-state index in [4.69, 9.17) is 0 Å². The van der Waals surface area contributed by atoms with Gasteiger partial charge < -0.3 is 10.6 Å². The predicted octanol–water partition coefficient (Wildman–Crippen LogP) is 2.09. The fourth-order valence-corrected chi connectivity index (χ4v) is 1.86. The molecule has 1 aromatic carbocycles. The summed E-state index contributed by atoms with van der Waals surface area (Å²) in [5, 5.41) is 5.99. The highest BCUT2D eigenvalue weighted by molar-refractivity contribution is 5.76. The second-order valence-corrected chi connectivity index (χ2v) is 4.50. The van der Waals surface area contributed by atoms with Crippen LogP contribution in [0.25, 0.3) is 0 Å². The van der Waals surface area contributed by atoms with Gasteiger partial charge in [-0.15, -0.1) is 0 Å². The number of aryl methyl sites for hydroxylation is 2. The summed E-state index contributed by atoms with van der Waals surface area (Å²) < 4.78 is 0. The van der Waals surface area contributed by atoms with Gasteiger partial charge in [0, 0.05) is 13.0 Å². The largest absolute Gasteiger partial charge is 0.350 e. The number of amides is 1. The lowest BCUT2D eigenvalue weighted by molar-refractivity contribution is -0.121. The Balaban J connectivity index is 2.66. The fraction of sp³-hybridized carbons (Fsp3) is 0.500. The zero-order chi connectivity index (χ0) is 12.8. The summed E-state index contributed by atoms with van der Waals surface area (Å²) in [7, 11) is 1.85. The van der Waals surface area contributed by atoms with E-state index in [0.717, 1.165) is 0 Å². The fourth-order valence-electron chi connectivity index (χ4n) is 1.86. The van der Waals surface area contributed by atoms with E-state index < -0.39 is 0 Å². The molecule has 3 heteroatoms. The molecular formula is C14H22N2O. The number of carbonyl (C=O) groups is 1. The van der Waals surface area contributed by atoms with Crippen molar-refractivity contribution in [1.29, 1.82) is 0 Å². The molecule has 0 aliphatic heterocycles. The molecule has 0 aliphatic rings. The van der Waals surface area contributed by atoms with Crippen LogP contribution in [0, 0.1) is 13.8 Å². The lowest BCUT2D eigenvalue weighted by Gasteiger charge is -2.17. The highest BCUT2D eigenvalue weighted by Gasteiger charge is 2.11. The Kier molecular flexibility index (Phi) is 5.16. The first-order valence-electron chi connectivity index (χ1n) is 6.05. The molecule has 17 heavy (non-hydrogen) atoms. The predicted molar refractivity (Wildman–Crippen MR) is 71.0 cm³/mol. The smallest absolute Gasteiger partial charge is 0.221 e. The van der Waals surface area contributed by atoms with Crippen LogP contribution in [-0.4, -0.2) is 19.5 Å². The van der Waals surface area contributed by atoms with Gasteiger partial charge in [-0.05, 0) is 38.9 Å². The summed E-state index contributed by atoms with van der Waals surface area (Å²) in [6.45, 7) is 6.88. The van der Waals surface area contributed by atoms with Crippen LogP contribution in [0.2, 0.25) is 0 Å². The van der Waals surface area contributed by atoms with Crippen molar-refractivity contribution >= 4 is 5.91 Å². The number of hydrogen-bond acceptors (Lipinski definition) is 2. The molecule has 1 atom stereocenters. The van der Waals surface area contributed by atoms with Gasteiger partial charge in [0.05, 0.1) is 6.04 Å². The maximum Gasteiger partial charge on any atom is 0.221 e. The molecule has 0 bridgehead atoms. The van der Waals surface area contributed by atoms with Crippen molar-refractivity contribution in [3.05, 3.63) is 34.9 Å². The minimum absolute atomic E-state index is 0.0688. The molecule has 1 amide bonds. The van der Waals surface area contributed by atoms with Gasteiger partial charge in [-0.25, -0.2) is 0 Å². The summed E-state index contributed by atoms with van der Waals surface area (Å²) in [6.07, 6.45) is 0.520.